The molecule has 0 unspecified atom stereocenters. The Bertz CT molecular complexity index is 584. The van der Waals surface area contributed by atoms with Crippen LogP contribution in [0.15, 0.2) is 6.33 Å². The number of amides is 2. The van der Waals surface area contributed by atoms with Crippen LogP contribution in [-0.4, -0.2) is 75.7 Å². The van der Waals surface area contributed by atoms with Crippen molar-refractivity contribution in [3.63, 3.8) is 0 Å². The van der Waals surface area contributed by atoms with Crippen LogP contribution in [0.5, 0.6) is 0 Å². The summed E-state index contributed by atoms with van der Waals surface area (Å²) in [5, 5.41) is 6.35. The maximum absolute atomic E-state index is 12.8. The standard InChI is InChI=1S/C15H21N5O3/c21-14(10-2-5-23-6-3-10)20-4-1-11-7-19(8-12(11)20)15(22)13-16-9-17-18-13/h9-12H,1-8H2,(H,16,17,18)/t11-,12+/m0/s1. The van der Waals surface area contributed by atoms with Crippen molar-refractivity contribution in [2.75, 3.05) is 32.8 Å². The van der Waals surface area contributed by atoms with Crippen molar-refractivity contribution < 1.29 is 14.3 Å². The number of H-pyrrole nitrogens is 1. The topological polar surface area (TPSA) is 91.4 Å². The van der Waals surface area contributed by atoms with Gasteiger partial charge in [0.25, 0.3) is 5.91 Å². The number of hydrogen-bond acceptors (Lipinski definition) is 5. The van der Waals surface area contributed by atoms with E-state index in [1.54, 1.807) is 4.90 Å². The first kappa shape index (κ1) is 14.6. The van der Waals surface area contributed by atoms with Gasteiger partial charge >= 0.3 is 0 Å². The summed E-state index contributed by atoms with van der Waals surface area (Å²) >= 11 is 0. The second-order valence-electron chi connectivity index (χ2n) is 6.58. The van der Waals surface area contributed by atoms with Gasteiger partial charge in [-0.1, -0.05) is 0 Å². The first-order chi connectivity index (χ1) is 11.2. The van der Waals surface area contributed by atoms with Crippen LogP contribution < -0.4 is 0 Å². The minimum atomic E-state index is -0.129. The van der Waals surface area contributed by atoms with E-state index < -0.39 is 0 Å². The van der Waals surface area contributed by atoms with Crippen molar-refractivity contribution in [1.82, 2.24) is 25.0 Å². The van der Waals surface area contributed by atoms with Gasteiger partial charge in [0.1, 0.15) is 6.33 Å². The highest BCUT2D eigenvalue weighted by Gasteiger charge is 2.46. The predicted octanol–water partition coefficient (Wildman–Crippen LogP) is -0.0958. The summed E-state index contributed by atoms with van der Waals surface area (Å²) in [7, 11) is 0. The molecule has 3 saturated heterocycles. The minimum Gasteiger partial charge on any atom is -0.381 e. The van der Waals surface area contributed by atoms with Crippen LogP contribution in [0.3, 0.4) is 0 Å². The number of likely N-dealkylation sites (tertiary alicyclic amines) is 2. The van der Waals surface area contributed by atoms with Gasteiger partial charge in [-0.15, -0.1) is 0 Å². The predicted molar refractivity (Wildman–Crippen MR) is 79.4 cm³/mol. The molecule has 8 nitrogen and oxygen atoms in total. The van der Waals surface area contributed by atoms with Crippen LogP contribution in [0.25, 0.3) is 0 Å². The third-order valence-corrected chi connectivity index (χ3v) is 5.31. The fraction of sp³-hybridized carbons (Fsp3) is 0.733. The molecule has 3 aliphatic heterocycles. The normalized spacial score (nSPS) is 28.2. The summed E-state index contributed by atoms with van der Waals surface area (Å²) in [4.78, 5) is 32.9. The van der Waals surface area contributed by atoms with E-state index in [0.717, 1.165) is 25.8 Å². The molecule has 23 heavy (non-hydrogen) atoms. The number of nitrogens with zero attached hydrogens (tertiary/aromatic N) is 4. The summed E-state index contributed by atoms with van der Waals surface area (Å²) in [6.45, 7) is 3.46. The zero-order chi connectivity index (χ0) is 15.8. The van der Waals surface area contributed by atoms with Gasteiger partial charge in [-0.25, -0.2) is 4.98 Å². The Kier molecular flexibility index (Phi) is 3.76. The van der Waals surface area contributed by atoms with Crippen molar-refractivity contribution in [2.45, 2.75) is 25.3 Å². The Hall–Kier alpha value is -1.96. The molecule has 3 fully saturated rings. The van der Waals surface area contributed by atoms with Crippen molar-refractivity contribution in [2.24, 2.45) is 11.8 Å². The van der Waals surface area contributed by atoms with Crippen LogP contribution in [0.4, 0.5) is 0 Å². The number of aromatic amines is 1. The SMILES string of the molecule is O=C(c1ncn[nH]1)N1C[C@@H]2CCN(C(=O)C3CCOCC3)[C@@H]2C1. The lowest BCUT2D eigenvalue weighted by atomic mass is 9.98. The van der Waals surface area contributed by atoms with Gasteiger partial charge in [0, 0.05) is 44.7 Å². The van der Waals surface area contributed by atoms with E-state index in [4.69, 9.17) is 4.74 Å². The van der Waals surface area contributed by atoms with E-state index in [0.29, 0.717) is 32.2 Å². The zero-order valence-electron chi connectivity index (χ0n) is 13.0. The van der Waals surface area contributed by atoms with E-state index in [2.05, 4.69) is 15.2 Å². The van der Waals surface area contributed by atoms with Gasteiger partial charge in [-0.05, 0) is 19.3 Å². The highest BCUT2D eigenvalue weighted by molar-refractivity contribution is 5.90. The molecule has 1 aromatic heterocycles. The van der Waals surface area contributed by atoms with E-state index in [9.17, 15) is 9.59 Å². The zero-order valence-corrected chi connectivity index (χ0v) is 13.0. The Morgan fingerprint density at radius 1 is 1.22 bits per heavy atom. The monoisotopic (exact) mass is 319 g/mol. The Balaban J connectivity index is 1.43. The third-order valence-electron chi connectivity index (χ3n) is 5.31. The molecule has 4 heterocycles. The van der Waals surface area contributed by atoms with E-state index >= 15 is 0 Å². The Morgan fingerprint density at radius 2 is 2.04 bits per heavy atom. The van der Waals surface area contributed by atoms with Crippen LogP contribution in [0.1, 0.15) is 29.9 Å². The van der Waals surface area contributed by atoms with Gasteiger partial charge in [0.2, 0.25) is 11.7 Å². The molecule has 0 spiro atoms. The first-order valence-electron chi connectivity index (χ1n) is 8.27. The molecule has 0 radical (unpaired) electrons. The number of hydrogen-bond donors (Lipinski definition) is 1. The number of nitrogens with one attached hydrogen (secondary N) is 1. The number of fused-ring (bicyclic) bond motifs is 1. The molecule has 1 N–H and O–H groups in total. The molecule has 8 heteroatoms. The first-order valence-corrected chi connectivity index (χ1v) is 8.27. The van der Waals surface area contributed by atoms with Crippen molar-refractivity contribution in [3.05, 3.63) is 12.2 Å². The van der Waals surface area contributed by atoms with Crippen molar-refractivity contribution in [1.29, 1.82) is 0 Å². The second kappa shape index (κ2) is 5.92. The van der Waals surface area contributed by atoms with E-state index in [1.165, 1.54) is 6.33 Å². The van der Waals surface area contributed by atoms with Crippen LogP contribution in [-0.2, 0) is 9.53 Å². The molecule has 1 aromatic rings. The highest BCUT2D eigenvalue weighted by atomic mass is 16.5. The van der Waals surface area contributed by atoms with Crippen LogP contribution >= 0.6 is 0 Å². The number of carbonyl (C=O) groups is 2. The molecule has 0 saturated carbocycles. The smallest absolute Gasteiger partial charge is 0.291 e. The Morgan fingerprint density at radius 3 is 2.78 bits per heavy atom. The molecule has 0 aromatic carbocycles. The maximum Gasteiger partial charge on any atom is 0.291 e. The quantitative estimate of drug-likeness (QED) is 0.822. The highest BCUT2D eigenvalue weighted by Crippen LogP contribution is 2.34. The summed E-state index contributed by atoms with van der Waals surface area (Å²) in [5.74, 6) is 0.851. The minimum absolute atomic E-state index is 0.0847. The summed E-state index contributed by atoms with van der Waals surface area (Å²) in [5.41, 5.74) is 0. The second-order valence-corrected chi connectivity index (χ2v) is 6.58. The average molecular weight is 319 g/mol. The van der Waals surface area contributed by atoms with E-state index in [-0.39, 0.29) is 29.6 Å². The van der Waals surface area contributed by atoms with Crippen molar-refractivity contribution >= 4 is 11.8 Å². The van der Waals surface area contributed by atoms with E-state index in [1.807, 2.05) is 4.90 Å². The summed E-state index contributed by atoms with van der Waals surface area (Å²) in [6.07, 6.45) is 3.94. The average Bonchev–Trinajstić information content (AvgIpc) is 3.30. The molecule has 2 atom stereocenters. The lowest BCUT2D eigenvalue weighted by molar-refractivity contribution is -0.139. The molecule has 124 valence electrons. The lowest BCUT2D eigenvalue weighted by Crippen LogP contribution is -2.44. The molecule has 2 amide bonds. The molecule has 0 bridgehead atoms. The Labute approximate surface area is 134 Å². The van der Waals surface area contributed by atoms with Gasteiger partial charge in [0.15, 0.2) is 0 Å². The van der Waals surface area contributed by atoms with Gasteiger partial charge in [-0.2, -0.15) is 5.10 Å². The third kappa shape index (κ3) is 2.60. The number of rotatable bonds is 2. The molecular weight excluding hydrogens is 298 g/mol. The number of ether oxygens (including phenoxy) is 1. The van der Waals surface area contributed by atoms with Gasteiger partial charge < -0.3 is 14.5 Å². The van der Waals surface area contributed by atoms with Gasteiger partial charge in [0.05, 0.1) is 6.04 Å². The number of carbonyl (C=O) groups excluding carboxylic acids is 2. The molecule has 4 rings (SSSR count). The largest absolute Gasteiger partial charge is 0.381 e. The number of aromatic nitrogens is 3. The fourth-order valence-electron chi connectivity index (χ4n) is 4.04. The lowest BCUT2D eigenvalue weighted by Gasteiger charge is -2.30. The molecule has 3 aliphatic rings. The van der Waals surface area contributed by atoms with Gasteiger partial charge in [-0.3, -0.25) is 14.7 Å². The molecular formula is C15H21N5O3. The summed E-state index contributed by atoms with van der Waals surface area (Å²) < 4.78 is 5.35. The summed E-state index contributed by atoms with van der Waals surface area (Å²) in [6, 6.07) is 0.150. The van der Waals surface area contributed by atoms with Crippen LogP contribution in [0.2, 0.25) is 0 Å². The van der Waals surface area contributed by atoms with Crippen LogP contribution in [0, 0.1) is 11.8 Å². The maximum atomic E-state index is 12.8. The van der Waals surface area contributed by atoms with Crippen molar-refractivity contribution in [3.8, 4) is 0 Å². The fourth-order valence-corrected chi connectivity index (χ4v) is 4.04. The molecule has 0 aliphatic carbocycles.